The average Bonchev–Trinajstić information content (AvgIpc) is 3.33. The van der Waals surface area contributed by atoms with Gasteiger partial charge in [-0.25, -0.2) is 0 Å². The molecular weight excluding hydrogens is 585 g/mol. The van der Waals surface area contributed by atoms with E-state index in [2.05, 4.69) is 26.6 Å². The summed E-state index contributed by atoms with van der Waals surface area (Å²) < 4.78 is 12.2. The number of nitrogens with zero attached hydrogens (tertiary/aromatic N) is 1. The normalized spacial score (nSPS) is 24.1. The van der Waals surface area contributed by atoms with E-state index in [1.807, 2.05) is 6.92 Å². The molecule has 0 saturated carbocycles. The second-order valence-electron chi connectivity index (χ2n) is 9.07. The number of hydrogen-bond donors (Lipinski definition) is 2. The van der Waals surface area contributed by atoms with Gasteiger partial charge in [0.25, 0.3) is 11.9 Å². The number of carbonyl (C=O) groups excluding carboxylic acids is 1. The van der Waals surface area contributed by atoms with Crippen LogP contribution in [-0.2, 0) is 16.9 Å². The van der Waals surface area contributed by atoms with E-state index in [0.717, 1.165) is 5.56 Å². The second kappa shape index (κ2) is 9.79. The van der Waals surface area contributed by atoms with Gasteiger partial charge in [0.1, 0.15) is 6.61 Å². The number of amides is 1. The molecule has 0 radical (unpaired) electrons. The number of fused-ring (bicyclic) bond motifs is 2. The average molecular weight is 607 g/mol. The van der Waals surface area contributed by atoms with Crippen LogP contribution in [0, 0.1) is 10.1 Å². The maximum absolute atomic E-state index is 13.3. The van der Waals surface area contributed by atoms with Gasteiger partial charge >= 0.3 is 0 Å². The lowest BCUT2D eigenvalue weighted by Crippen LogP contribution is -2.54. The Morgan fingerprint density at radius 1 is 1.14 bits per heavy atom. The Kier molecular flexibility index (Phi) is 6.83. The molecule has 4 atom stereocenters. The number of rotatable bonds is 6. The van der Waals surface area contributed by atoms with Gasteiger partial charge in [-0.1, -0.05) is 47.5 Å². The molecule has 2 aliphatic heterocycles. The highest BCUT2D eigenvalue weighted by atomic mass is 79.9. The first-order valence-corrected chi connectivity index (χ1v) is 13.0. The number of nitro groups is 1. The lowest BCUT2D eigenvalue weighted by molar-refractivity contribution is -0.532. The third kappa shape index (κ3) is 4.24. The van der Waals surface area contributed by atoms with Crippen LogP contribution in [0.4, 0.5) is 5.69 Å². The molecular formula is C26H22BrCl2N3O5. The highest BCUT2D eigenvalue weighted by Crippen LogP contribution is 2.51. The number of benzene rings is 3. The number of carbonyl (C=O) groups is 1. The molecule has 1 spiro atoms. The van der Waals surface area contributed by atoms with Crippen LogP contribution in [0.1, 0.15) is 29.5 Å². The molecule has 11 heteroatoms. The molecule has 0 bridgehead atoms. The lowest BCUT2D eigenvalue weighted by atomic mass is 9.78. The van der Waals surface area contributed by atoms with Crippen molar-refractivity contribution in [2.45, 2.75) is 37.1 Å². The fourth-order valence-corrected chi connectivity index (χ4v) is 6.31. The predicted molar refractivity (Wildman–Crippen MR) is 144 cm³/mol. The van der Waals surface area contributed by atoms with Crippen molar-refractivity contribution in [1.82, 2.24) is 5.32 Å². The fourth-order valence-electron chi connectivity index (χ4n) is 5.41. The molecule has 192 valence electrons. The molecule has 8 nitrogen and oxygen atoms in total. The van der Waals surface area contributed by atoms with Crippen molar-refractivity contribution < 1.29 is 19.2 Å². The van der Waals surface area contributed by atoms with Gasteiger partial charge < -0.3 is 14.8 Å². The van der Waals surface area contributed by atoms with Crippen LogP contribution in [0.2, 0.25) is 10.0 Å². The minimum atomic E-state index is -1.49. The van der Waals surface area contributed by atoms with E-state index in [0.29, 0.717) is 42.8 Å². The highest BCUT2D eigenvalue weighted by molar-refractivity contribution is 9.10. The zero-order chi connectivity index (χ0) is 26.5. The first kappa shape index (κ1) is 25.8. The Bertz CT molecular complexity index is 1420. The fraction of sp³-hybridized carbons (Fsp3) is 0.269. The predicted octanol–water partition coefficient (Wildman–Crippen LogP) is 5.91. The Morgan fingerprint density at radius 3 is 2.59 bits per heavy atom. The van der Waals surface area contributed by atoms with E-state index >= 15 is 0 Å². The van der Waals surface area contributed by atoms with Crippen molar-refractivity contribution in [3.63, 3.8) is 0 Å². The molecule has 3 aromatic rings. The van der Waals surface area contributed by atoms with E-state index < -0.39 is 29.4 Å². The monoisotopic (exact) mass is 605 g/mol. The summed E-state index contributed by atoms with van der Waals surface area (Å²) in [7, 11) is 1.50. The van der Waals surface area contributed by atoms with Crippen molar-refractivity contribution in [3.8, 4) is 11.5 Å². The largest absolute Gasteiger partial charge is 0.493 e. The molecule has 37 heavy (non-hydrogen) atoms. The first-order chi connectivity index (χ1) is 17.7. The minimum absolute atomic E-state index is 0.199. The Balaban J connectivity index is 1.52. The van der Waals surface area contributed by atoms with E-state index in [1.165, 1.54) is 7.11 Å². The number of methoxy groups -OCH3 is 1. The lowest BCUT2D eigenvalue weighted by Gasteiger charge is -2.25. The molecule has 0 aliphatic carbocycles. The maximum Gasteiger partial charge on any atom is 0.256 e. The topological polar surface area (TPSA) is 103 Å². The summed E-state index contributed by atoms with van der Waals surface area (Å²) in [5, 5.41) is 19.5. The molecule has 3 aromatic carbocycles. The standard InChI is InChI=1S/C26H22BrCl2N3O5/c1-13-22(24(32(34)35)26(31-13)16-5-3-4-6-20(16)30-25(26)33)15-10-17(27)23(21(11-15)36-2)37-12-14-7-8-18(28)19(29)9-14/h3-11,13,22,24,31H,12H2,1-2H3,(H,30,33)/t13-,22-,24-,26-/m0/s1. The second-order valence-corrected chi connectivity index (χ2v) is 10.7. The minimum Gasteiger partial charge on any atom is -0.493 e. The van der Waals surface area contributed by atoms with E-state index in [4.69, 9.17) is 32.7 Å². The highest BCUT2D eigenvalue weighted by Gasteiger charge is 2.67. The summed E-state index contributed by atoms with van der Waals surface area (Å²) >= 11 is 15.7. The van der Waals surface area contributed by atoms with Crippen molar-refractivity contribution in [1.29, 1.82) is 0 Å². The number of halogens is 3. The molecule has 1 fully saturated rings. The molecule has 2 aliphatic rings. The number of ether oxygens (including phenoxy) is 2. The van der Waals surface area contributed by atoms with E-state index in [9.17, 15) is 14.9 Å². The van der Waals surface area contributed by atoms with Gasteiger partial charge in [0.15, 0.2) is 17.0 Å². The molecule has 5 rings (SSSR count). The van der Waals surface area contributed by atoms with Gasteiger partial charge in [-0.05, 0) is 64.3 Å². The molecule has 2 heterocycles. The first-order valence-electron chi connectivity index (χ1n) is 11.4. The summed E-state index contributed by atoms with van der Waals surface area (Å²) in [6, 6.07) is 14.1. The van der Waals surface area contributed by atoms with Crippen LogP contribution < -0.4 is 20.1 Å². The van der Waals surface area contributed by atoms with Crippen molar-refractivity contribution in [2.75, 3.05) is 12.4 Å². The van der Waals surface area contributed by atoms with Crippen LogP contribution in [0.15, 0.2) is 59.1 Å². The van der Waals surface area contributed by atoms with Gasteiger partial charge in [-0.3, -0.25) is 20.2 Å². The Morgan fingerprint density at radius 2 is 1.89 bits per heavy atom. The Labute approximate surface area is 231 Å². The zero-order valence-electron chi connectivity index (χ0n) is 19.8. The van der Waals surface area contributed by atoms with Crippen molar-refractivity contribution in [3.05, 3.63) is 95.9 Å². The van der Waals surface area contributed by atoms with Crippen molar-refractivity contribution in [2.24, 2.45) is 0 Å². The number of para-hydroxylation sites is 1. The number of hydrogen-bond acceptors (Lipinski definition) is 6. The summed E-state index contributed by atoms with van der Waals surface area (Å²) in [4.78, 5) is 25.5. The summed E-state index contributed by atoms with van der Waals surface area (Å²) in [6.07, 6.45) is 0. The van der Waals surface area contributed by atoms with Crippen LogP contribution in [-0.4, -0.2) is 30.0 Å². The van der Waals surface area contributed by atoms with Gasteiger partial charge in [0.2, 0.25) is 0 Å². The van der Waals surface area contributed by atoms with Gasteiger partial charge in [0, 0.05) is 22.2 Å². The molecule has 0 aromatic heterocycles. The van der Waals surface area contributed by atoms with E-state index in [-0.39, 0.29) is 11.5 Å². The number of nitrogens with one attached hydrogen (secondary N) is 2. The van der Waals surface area contributed by atoms with E-state index in [1.54, 1.807) is 54.6 Å². The smallest absolute Gasteiger partial charge is 0.256 e. The van der Waals surface area contributed by atoms with Crippen LogP contribution >= 0.6 is 39.1 Å². The third-order valence-corrected chi connectivity index (χ3v) is 8.30. The molecule has 0 unspecified atom stereocenters. The number of anilines is 1. The summed E-state index contributed by atoms with van der Waals surface area (Å²) in [5.41, 5.74) is 1.10. The molecule has 1 saturated heterocycles. The van der Waals surface area contributed by atoms with Gasteiger partial charge in [0.05, 0.1) is 27.5 Å². The SMILES string of the molecule is COc1cc([C@@H]2[C@H](C)N[C@]3(C(=O)Nc4ccccc43)[C@H]2[N+](=O)[O-])cc(Br)c1OCc1ccc(Cl)c(Cl)c1. The molecule has 1 amide bonds. The van der Waals surface area contributed by atoms with Crippen LogP contribution in [0.25, 0.3) is 0 Å². The van der Waals surface area contributed by atoms with Gasteiger partial charge in [-0.2, -0.15) is 0 Å². The maximum atomic E-state index is 13.3. The summed E-state index contributed by atoms with van der Waals surface area (Å²) in [5.74, 6) is -0.234. The third-order valence-electron chi connectivity index (χ3n) is 6.97. The summed E-state index contributed by atoms with van der Waals surface area (Å²) in [6.45, 7) is 2.05. The van der Waals surface area contributed by atoms with Crippen LogP contribution in [0.3, 0.4) is 0 Å². The van der Waals surface area contributed by atoms with Crippen LogP contribution in [0.5, 0.6) is 11.5 Å². The quantitative estimate of drug-likeness (QED) is 0.267. The Hall–Kier alpha value is -2.85. The molecule has 2 N–H and O–H groups in total. The van der Waals surface area contributed by atoms with Crippen molar-refractivity contribution >= 4 is 50.7 Å². The van der Waals surface area contributed by atoms with Gasteiger partial charge in [-0.15, -0.1) is 0 Å². The zero-order valence-corrected chi connectivity index (χ0v) is 22.9.